The molecular weight excluding hydrogens is 342 g/mol. The lowest BCUT2D eigenvalue weighted by atomic mass is 9.86. The minimum atomic E-state index is -0.774. The van der Waals surface area contributed by atoms with Crippen molar-refractivity contribution in [1.82, 2.24) is 4.90 Å². The Morgan fingerprint density at radius 3 is 2.67 bits per heavy atom. The number of rotatable bonds is 5. The molecule has 1 fully saturated rings. The van der Waals surface area contributed by atoms with Crippen LogP contribution in [0, 0.1) is 11.8 Å². The zero-order chi connectivity index (χ0) is 19.4. The van der Waals surface area contributed by atoms with E-state index in [2.05, 4.69) is 0 Å². The van der Waals surface area contributed by atoms with Crippen molar-refractivity contribution in [2.24, 2.45) is 11.8 Å². The van der Waals surface area contributed by atoms with Gasteiger partial charge in [0, 0.05) is 24.2 Å². The van der Waals surface area contributed by atoms with Crippen molar-refractivity contribution >= 4 is 11.9 Å². The average Bonchev–Trinajstić information content (AvgIpc) is 2.68. The number of amides is 1. The summed E-state index contributed by atoms with van der Waals surface area (Å²) in [5.74, 6) is -0.466. The number of piperidine rings is 1. The van der Waals surface area contributed by atoms with E-state index in [1.54, 1.807) is 4.90 Å². The summed E-state index contributed by atoms with van der Waals surface area (Å²) < 4.78 is 5.71. The van der Waals surface area contributed by atoms with Crippen LogP contribution in [0.1, 0.15) is 30.6 Å². The van der Waals surface area contributed by atoms with Gasteiger partial charge < -0.3 is 14.7 Å². The molecule has 3 rings (SSSR count). The van der Waals surface area contributed by atoms with E-state index in [1.807, 2.05) is 62.4 Å². The lowest BCUT2D eigenvalue weighted by Crippen LogP contribution is -2.45. The monoisotopic (exact) mass is 367 g/mol. The van der Waals surface area contributed by atoms with Gasteiger partial charge in [-0.15, -0.1) is 0 Å². The molecule has 142 valence electrons. The molecule has 2 aromatic carbocycles. The Hall–Kier alpha value is -2.82. The predicted octanol–water partition coefficient (Wildman–Crippen LogP) is 3.94. The van der Waals surface area contributed by atoms with Crippen molar-refractivity contribution < 1.29 is 19.4 Å². The second-order valence-corrected chi connectivity index (χ2v) is 6.97. The SMILES string of the molecule is CCOc1ccccc1-c1cccc(C(=O)N2CCC(C(=O)O)C(C)C2)c1. The predicted molar refractivity (Wildman–Crippen MR) is 104 cm³/mol. The smallest absolute Gasteiger partial charge is 0.306 e. The number of carboxylic acids is 1. The van der Waals surface area contributed by atoms with Gasteiger partial charge in [-0.2, -0.15) is 0 Å². The van der Waals surface area contributed by atoms with Gasteiger partial charge in [0.15, 0.2) is 0 Å². The third-order valence-electron chi connectivity index (χ3n) is 5.12. The summed E-state index contributed by atoms with van der Waals surface area (Å²) in [6.45, 7) is 5.35. The Morgan fingerprint density at radius 2 is 1.96 bits per heavy atom. The first-order valence-corrected chi connectivity index (χ1v) is 9.35. The van der Waals surface area contributed by atoms with E-state index in [9.17, 15) is 14.7 Å². The number of carboxylic acid groups (broad SMARTS) is 1. The molecule has 1 saturated heterocycles. The number of aliphatic carboxylic acids is 1. The van der Waals surface area contributed by atoms with Crippen molar-refractivity contribution in [3.63, 3.8) is 0 Å². The number of hydrogen-bond donors (Lipinski definition) is 1. The molecule has 0 aliphatic carbocycles. The van der Waals surface area contributed by atoms with E-state index in [1.165, 1.54) is 0 Å². The first-order chi connectivity index (χ1) is 13.0. The van der Waals surface area contributed by atoms with Crippen LogP contribution in [-0.4, -0.2) is 41.6 Å². The van der Waals surface area contributed by atoms with Crippen LogP contribution in [0.25, 0.3) is 11.1 Å². The molecule has 0 spiro atoms. The van der Waals surface area contributed by atoms with Crippen molar-refractivity contribution in [2.75, 3.05) is 19.7 Å². The molecular formula is C22H25NO4. The van der Waals surface area contributed by atoms with Gasteiger partial charge in [0.1, 0.15) is 5.75 Å². The highest BCUT2D eigenvalue weighted by molar-refractivity contribution is 5.96. The van der Waals surface area contributed by atoms with Crippen LogP contribution >= 0.6 is 0 Å². The number of hydrogen-bond acceptors (Lipinski definition) is 3. The molecule has 0 bridgehead atoms. The minimum Gasteiger partial charge on any atom is -0.493 e. The second-order valence-electron chi connectivity index (χ2n) is 6.97. The Labute approximate surface area is 159 Å². The van der Waals surface area contributed by atoms with E-state index >= 15 is 0 Å². The summed E-state index contributed by atoms with van der Waals surface area (Å²) in [6, 6.07) is 15.3. The first-order valence-electron chi connectivity index (χ1n) is 9.35. The van der Waals surface area contributed by atoms with Gasteiger partial charge in [0.05, 0.1) is 12.5 Å². The van der Waals surface area contributed by atoms with Crippen LogP contribution < -0.4 is 4.74 Å². The normalized spacial score (nSPS) is 19.6. The number of benzene rings is 2. The third-order valence-corrected chi connectivity index (χ3v) is 5.12. The summed E-state index contributed by atoms with van der Waals surface area (Å²) in [5, 5.41) is 9.27. The van der Waals surface area contributed by atoms with Crippen LogP contribution in [0.5, 0.6) is 5.75 Å². The van der Waals surface area contributed by atoms with E-state index in [-0.39, 0.29) is 17.7 Å². The molecule has 1 heterocycles. The molecule has 2 unspecified atom stereocenters. The highest BCUT2D eigenvalue weighted by Gasteiger charge is 2.33. The van der Waals surface area contributed by atoms with E-state index < -0.39 is 5.97 Å². The molecule has 0 radical (unpaired) electrons. The molecule has 0 saturated carbocycles. The number of nitrogens with zero attached hydrogens (tertiary/aromatic N) is 1. The largest absolute Gasteiger partial charge is 0.493 e. The second kappa shape index (κ2) is 8.25. The quantitative estimate of drug-likeness (QED) is 0.869. The minimum absolute atomic E-state index is 0.0536. The first kappa shape index (κ1) is 19.0. The molecule has 0 aromatic heterocycles. The van der Waals surface area contributed by atoms with Gasteiger partial charge >= 0.3 is 5.97 Å². The summed E-state index contributed by atoms with van der Waals surface area (Å²) in [6.07, 6.45) is 0.495. The Balaban J connectivity index is 1.82. The Bertz CT molecular complexity index is 833. The fourth-order valence-electron chi connectivity index (χ4n) is 3.69. The Morgan fingerprint density at radius 1 is 1.19 bits per heavy atom. The number of para-hydroxylation sites is 1. The summed E-state index contributed by atoms with van der Waals surface area (Å²) in [7, 11) is 0. The fraction of sp³-hybridized carbons (Fsp3) is 0.364. The van der Waals surface area contributed by atoms with Gasteiger partial charge in [-0.3, -0.25) is 9.59 Å². The summed E-state index contributed by atoms with van der Waals surface area (Å²) >= 11 is 0. The van der Waals surface area contributed by atoms with Crippen molar-refractivity contribution in [3.8, 4) is 16.9 Å². The van der Waals surface area contributed by atoms with Crippen LogP contribution in [-0.2, 0) is 4.79 Å². The third kappa shape index (κ3) is 4.13. The molecule has 2 aromatic rings. The van der Waals surface area contributed by atoms with Crippen LogP contribution in [0.2, 0.25) is 0 Å². The van der Waals surface area contributed by atoms with Crippen LogP contribution in [0.3, 0.4) is 0 Å². The lowest BCUT2D eigenvalue weighted by molar-refractivity contribution is -0.145. The van der Waals surface area contributed by atoms with Gasteiger partial charge in [-0.1, -0.05) is 37.3 Å². The molecule has 1 amide bonds. The number of carbonyl (C=O) groups is 2. The fourth-order valence-corrected chi connectivity index (χ4v) is 3.69. The number of ether oxygens (including phenoxy) is 1. The molecule has 1 aliphatic rings. The molecule has 2 atom stereocenters. The van der Waals surface area contributed by atoms with Gasteiger partial charge in [0.2, 0.25) is 0 Å². The zero-order valence-corrected chi connectivity index (χ0v) is 15.7. The van der Waals surface area contributed by atoms with Gasteiger partial charge in [0.25, 0.3) is 5.91 Å². The number of likely N-dealkylation sites (tertiary alicyclic amines) is 1. The van der Waals surface area contributed by atoms with Crippen LogP contribution in [0.4, 0.5) is 0 Å². The highest BCUT2D eigenvalue weighted by atomic mass is 16.5. The average molecular weight is 367 g/mol. The van der Waals surface area contributed by atoms with E-state index in [4.69, 9.17) is 4.74 Å². The summed E-state index contributed by atoms with van der Waals surface area (Å²) in [4.78, 5) is 26.0. The standard InChI is InChI=1S/C22H25NO4/c1-3-27-20-10-5-4-9-19(20)16-7-6-8-17(13-16)21(24)23-12-11-18(22(25)26)15(2)14-23/h4-10,13,15,18H,3,11-12,14H2,1-2H3,(H,25,26). The van der Waals surface area contributed by atoms with Crippen LogP contribution in [0.15, 0.2) is 48.5 Å². The van der Waals surface area contributed by atoms with E-state index in [0.717, 1.165) is 16.9 Å². The zero-order valence-electron chi connectivity index (χ0n) is 15.7. The lowest BCUT2D eigenvalue weighted by Gasteiger charge is -2.35. The highest BCUT2D eigenvalue weighted by Crippen LogP contribution is 2.31. The molecule has 27 heavy (non-hydrogen) atoms. The van der Waals surface area contributed by atoms with Crippen molar-refractivity contribution in [2.45, 2.75) is 20.3 Å². The number of carbonyl (C=O) groups excluding carboxylic acids is 1. The van der Waals surface area contributed by atoms with Crippen molar-refractivity contribution in [3.05, 3.63) is 54.1 Å². The Kier molecular flexibility index (Phi) is 5.79. The maximum atomic E-state index is 13.0. The maximum Gasteiger partial charge on any atom is 0.306 e. The van der Waals surface area contributed by atoms with Gasteiger partial charge in [-0.05, 0) is 43.0 Å². The molecule has 1 N–H and O–H groups in total. The maximum absolute atomic E-state index is 13.0. The topological polar surface area (TPSA) is 66.8 Å². The molecule has 1 aliphatic heterocycles. The summed E-state index contributed by atoms with van der Waals surface area (Å²) in [5.41, 5.74) is 2.49. The van der Waals surface area contributed by atoms with Gasteiger partial charge in [-0.25, -0.2) is 0 Å². The molecule has 5 heteroatoms. The molecule has 5 nitrogen and oxygen atoms in total. The van der Waals surface area contributed by atoms with E-state index in [0.29, 0.717) is 31.7 Å². The van der Waals surface area contributed by atoms with Crippen molar-refractivity contribution in [1.29, 1.82) is 0 Å².